The molecular formula is C19H19FN4O3. The van der Waals surface area contributed by atoms with Crippen LogP contribution in [0.1, 0.15) is 24.3 Å². The van der Waals surface area contributed by atoms with E-state index in [1.54, 1.807) is 13.0 Å². The second-order valence-corrected chi connectivity index (χ2v) is 6.60. The van der Waals surface area contributed by atoms with Gasteiger partial charge in [-0.05, 0) is 18.6 Å². The number of anilines is 1. The van der Waals surface area contributed by atoms with Gasteiger partial charge in [0.1, 0.15) is 22.9 Å². The topological polar surface area (TPSA) is 81.4 Å². The van der Waals surface area contributed by atoms with Crippen molar-refractivity contribution in [3.8, 4) is 17.1 Å². The van der Waals surface area contributed by atoms with Gasteiger partial charge in [0.2, 0.25) is 11.7 Å². The number of hydrogen-bond donors (Lipinski definition) is 0. The largest absolute Gasteiger partial charge is 0.497 e. The Morgan fingerprint density at radius 1 is 1.19 bits per heavy atom. The van der Waals surface area contributed by atoms with Crippen LogP contribution in [0.3, 0.4) is 0 Å². The maximum atomic E-state index is 14.7. The molecule has 1 aliphatic heterocycles. The van der Waals surface area contributed by atoms with E-state index in [1.165, 1.54) is 13.2 Å². The molecule has 0 amide bonds. The Bertz CT molecular complexity index is 1040. The number of pyridine rings is 1. The number of aromatic nitrogens is 3. The number of hydrogen-bond acceptors (Lipinski definition) is 7. The molecule has 0 saturated carbocycles. The average molecular weight is 370 g/mol. The van der Waals surface area contributed by atoms with Gasteiger partial charge in [-0.25, -0.2) is 9.37 Å². The van der Waals surface area contributed by atoms with Crippen LogP contribution in [0.5, 0.6) is 5.75 Å². The van der Waals surface area contributed by atoms with Gasteiger partial charge >= 0.3 is 0 Å². The number of Topliss-reactive ketones (excluding diaryl/α,β-unsaturated/α-hetero) is 1. The molecule has 0 N–H and O–H groups in total. The van der Waals surface area contributed by atoms with Gasteiger partial charge in [-0.3, -0.25) is 4.79 Å². The first-order chi connectivity index (χ1) is 13.0. The highest BCUT2D eigenvalue weighted by atomic mass is 19.1. The van der Waals surface area contributed by atoms with Crippen molar-refractivity contribution in [3.05, 3.63) is 29.4 Å². The molecule has 4 rings (SSSR count). The van der Waals surface area contributed by atoms with Crippen molar-refractivity contribution < 1.29 is 18.4 Å². The van der Waals surface area contributed by atoms with Crippen molar-refractivity contribution >= 4 is 22.5 Å². The fourth-order valence-electron chi connectivity index (χ4n) is 3.42. The second-order valence-electron chi connectivity index (χ2n) is 6.60. The molecule has 27 heavy (non-hydrogen) atoms. The molecule has 140 valence electrons. The number of carbonyl (C=O) groups excluding carboxylic acids is 1. The van der Waals surface area contributed by atoms with Gasteiger partial charge in [0.05, 0.1) is 12.7 Å². The summed E-state index contributed by atoms with van der Waals surface area (Å²) in [7, 11) is 1.49. The molecule has 2 aromatic heterocycles. The summed E-state index contributed by atoms with van der Waals surface area (Å²) >= 11 is 0. The molecule has 3 aromatic rings. The van der Waals surface area contributed by atoms with Gasteiger partial charge in [-0.2, -0.15) is 4.98 Å². The van der Waals surface area contributed by atoms with Crippen molar-refractivity contribution in [2.75, 3.05) is 25.1 Å². The molecule has 1 aromatic carbocycles. The van der Waals surface area contributed by atoms with Gasteiger partial charge in [-0.1, -0.05) is 5.16 Å². The lowest BCUT2D eigenvalue weighted by atomic mass is 10.0. The summed E-state index contributed by atoms with van der Waals surface area (Å²) < 4.78 is 25.1. The first-order valence-electron chi connectivity index (χ1n) is 8.73. The maximum absolute atomic E-state index is 14.7. The molecule has 7 nitrogen and oxygen atoms in total. The second kappa shape index (κ2) is 6.61. The van der Waals surface area contributed by atoms with Crippen molar-refractivity contribution in [3.63, 3.8) is 0 Å². The van der Waals surface area contributed by atoms with Crippen LogP contribution in [0.15, 0.2) is 16.7 Å². The Morgan fingerprint density at radius 3 is 2.56 bits per heavy atom. The van der Waals surface area contributed by atoms with Gasteiger partial charge < -0.3 is 14.2 Å². The molecule has 0 spiro atoms. The Labute approximate surface area is 155 Å². The van der Waals surface area contributed by atoms with E-state index >= 15 is 0 Å². The third kappa shape index (κ3) is 3.01. The number of carbonyl (C=O) groups is 1. The smallest absolute Gasteiger partial charge is 0.223 e. The molecule has 3 heterocycles. The minimum absolute atomic E-state index is 0.219. The van der Waals surface area contributed by atoms with Crippen LogP contribution in [0, 0.1) is 19.7 Å². The van der Waals surface area contributed by atoms with E-state index in [9.17, 15) is 9.18 Å². The predicted octanol–water partition coefficient (Wildman–Crippen LogP) is 3.22. The zero-order chi connectivity index (χ0) is 19.1. The van der Waals surface area contributed by atoms with Crippen LogP contribution in [-0.4, -0.2) is 41.1 Å². The SMILES string of the molecule is COc1cc(F)c2nc(N3CCC(=O)CC3)c(-c3noc(C)n3)c(C)c2c1. The quantitative estimate of drug-likeness (QED) is 0.700. The Morgan fingerprint density at radius 2 is 1.93 bits per heavy atom. The lowest BCUT2D eigenvalue weighted by Gasteiger charge is -2.29. The third-order valence-electron chi connectivity index (χ3n) is 4.86. The summed E-state index contributed by atoms with van der Waals surface area (Å²) in [5.41, 5.74) is 1.72. The van der Waals surface area contributed by atoms with E-state index in [0.29, 0.717) is 60.2 Å². The predicted molar refractivity (Wildman–Crippen MR) is 97.5 cm³/mol. The highest BCUT2D eigenvalue weighted by molar-refractivity contribution is 5.94. The van der Waals surface area contributed by atoms with Gasteiger partial charge in [0.15, 0.2) is 5.82 Å². The molecule has 8 heteroatoms. The van der Waals surface area contributed by atoms with E-state index in [0.717, 1.165) is 5.56 Å². The fourth-order valence-corrected chi connectivity index (χ4v) is 3.42. The number of halogens is 1. The normalized spacial score (nSPS) is 14.8. The van der Waals surface area contributed by atoms with Gasteiger partial charge in [-0.15, -0.1) is 0 Å². The van der Waals surface area contributed by atoms with E-state index in [1.807, 2.05) is 11.8 Å². The van der Waals surface area contributed by atoms with Crippen molar-refractivity contribution in [2.45, 2.75) is 26.7 Å². The fraction of sp³-hybridized carbons (Fsp3) is 0.368. The summed E-state index contributed by atoms with van der Waals surface area (Å²) in [5, 5.41) is 4.67. The number of aryl methyl sites for hydroxylation is 2. The van der Waals surface area contributed by atoms with E-state index < -0.39 is 5.82 Å². The van der Waals surface area contributed by atoms with Gasteiger partial charge in [0, 0.05) is 44.3 Å². The number of ether oxygens (including phenoxy) is 1. The lowest BCUT2D eigenvalue weighted by Crippen LogP contribution is -2.35. The number of methoxy groups -OCH3 is 1. The number of ketones is 1. The third-order valence-corrected chi connectivity index (χ3v) is 4.86. The Hall–Kier alpha value is -3.03. The summed E-state index contributed by atoms with van der Waals surface area (Å²) in [4.78, 5) is 22.6. The Balaban J connectivity index is 1.99. The van der Waals surface area contributed by atoms with Crippen LogP contribution in [0.2, 0.25) is 0 Å². The molecule has 0 bridgehead atoms. The van der Waals surface area contributed by atoms with E-state index in [-0.39, 0.29) is 11.3 Å². The van der Waals surface area contributed by atoms with Gasteiger partial charge in [0.25, 0.3) is 0 Å². The first-order valence-corrected chi connectivity index (χ1v) is 8.73. The van der Waals surface area contributed by atoms with Crippen LogP contribution in [0.4, 0.5) is 10.2 Å². The molecule has 1 saturated heterocycles. The molecule has 1 fully saturated rings. The van der Waals surface area contributed by atoms with Crippen LogP contribution >= 0.6 is 0 Å². The zero-order valence-corrected chi connectivity index (χ0v) is 15.4. The summed E-state index contributed by atoms with van der Waals surface area (Å²) in [6, 6.07) is 3.07. The average Bonchev–Trinajstić information content (AvgIpc) is 3.08. The monoisotopic (exact) mass is 370 g/mol. The van der Waals surface area contributed by atoms with Crippen LogP contribution in [-0.2, 0) is 4.79 Å². The number of nitrogens with zero attached hydrogens (tertiary/aromatic N) is 4. The van der Waals surface area contributed by atoms with Crippen molar-refractivity contribution in [1.82, 2.24) is 15.1 Å². The Kier molecular flexibility index (Phi) is 4.25. The number of rotatable bonds is 3. The number of piperidine rings is 1. The summed E-state index contributed by atoms with van der Waals surface area (Å²) in [6.07, 6.45) is 0.878. The molecule has 0 aliphatic carbocycles. The van der Waals surface area contributed by atoms with Crippen molar-refractivity contribution in [2.24, 2.45) is 0 Å². The zero-order valence-electron chi connectivity index (χ0n) is 15.4. The molecular weight excluding hydrogens is 351 g/mol. The maximum Gasteiger partial charge on any atom is 0.223 e. The summed E-state index contributed by atoms with van der Waals surface area (Å²) in [6.45, 7) is 4.64. The lowest BCUT2D eigenvalue weighted by molar-refractivity contribution is -0.119. The standard InChI is InChI=1S/C19H19FN4O3/c1-10-14-8-13(26-3)9-15(20)17(14)22-19(24-6-4-12(25)5-7-24)16(10)18-21-11(2)27-23-18/h8-9H,4-7H2,1-3H3. The summed E-state index contributed by atoms with van der Waals surface area (Å²) in [5.74, 6) is 1.57. The van der Waals surface area contributed by atoms with Crippen molar-refractivity contribution in [1.29, 1.82) is 0 Å². The van der Waals surface area contributed by atoms with Crippen LogP contribution < -0.4 is 9.64 Å². The van der Waals surface area contributed by atoms with E-state index in [2.05, 4.69) is 15.1 Å². The first kappa shape index (κ1) is 17.4. The van der Waals surface area contributed by atoms with Crippen LogP contribution in [0.25, 0.3) is 22.3 Å². The number of benzene rings is 1. The minimum atomic E-state index is -0.461. The highest BCUT2D eigenvalue weighted by Crippen LogP contribution is 2.38. The molecule has 0 unspecified atom stereocenters. The minimum Gasteiger partial charge on any atom is -0.497 e. The molecule has 1 aliphatic rings. The molecule has 0 atom stereocenters. The number of fused-ring (bicyclic) bond motifs is 1. The molecule has 0 radical (unpaired) electrons. The van der Waals surface area contributed by atoms with E-state index in [4.69, 9.17) is 9.26 Å². The highest BCUT2D eigenvalue weighted by Gasteiger charge is 2.26.